The molecule has 5 nitrogen and oxygen atoms in total. The highest BCUT2D eigenvalue weighted by Crippen LogP contribution is 2.28. The molecule has 0 spiro atoms. The van der Waals surface area contributed by atoms with Crippen LogP contribution in [0.4, 0.5) is 0 Å². The number of pyridine rings is 1. The molecule has 1 saturated heterocycles. The minimum atomic E-state index is 0.410. The summed E-state index contributed by atoms with van der Waals surface area (Å²) in [5, 5.41) is 4.57. The number of piperidine rings is 1. The molecule has 30 heavy (non-hydrogen) atoms. The summed E-state index contributed by atoms with van der Waals surface area (Å²) < 4.78 is 2.07. The molecule has 0 N–H and O–H groups in total. The predicted molar refractivity (Wildman–Crippen MR) is 122 cm³/mol. The van der Waals surface area contributed by atoms with E-state index in [1.165, 1.54) is 69.2 Å². The third kappa shape index (κ3) is 5.92. The minimum Gasteiger partial charge on any atom is -0.300 e. The molecule has 1 atom stereocenters. The molecule has 2 aromatic rings. The average Bonchev–Trinajstić information content (AvgIpc) is 3.24. The Balaban J connectivity index is 1.41. The van der Waals surface area contributed by atoms with Crippen molar-refractivity contribution in [2.24, 2.45) is 5.92 Å². The van der Waals surface area contributed by atoms with E-state index in [2.05, 4.69) is 56.7 Å². The predicted octanol–water partition coefficient (Wildman–Crippen LogP) is 4.91. The van der Waals surface area contributed by atoms with Crippen LogP contribution in [-0.4, -0.2) is 50.2 Å². The number of likely N-dealkylation sites (tertiary alicyclic amines) is 1. The van der Waals surface area contributed by atoms with E-state index in [-0.39, 0.29) is 0 Å². The smallest absolute Gasteiger partial charge is 0.0534 e. The highest BCUT2D eigenvalue weighted by molar-refractivity contribution is 5.10. The fourth-order valence-corrected chi connectivity index (χ4v) is 5.32. The molecule has 2 aliphatic rings. The molecule has 0 amide bonds. The Morgan fingerprint density at radius 2 is 1.87 bits per heavy atom. The van der Waals surface area contributed by atoms with Crippen molar-refractivity contribution in [1.82, 2.24) is 24.6 Å². The summed E-state index contributed by atoms with van der Waals surface area (Å²) in [6.07, 6.45) is 18.0. The zero-order chi connectivity index (χ0) is 20.8. The van der Waals surface area contributed by atoms with E-state index in [1.54, 1.807) is 0 Å². The molecule has 1 aliphatic carbocycles. The lowest BCUT2D eigenvalue weighted by atomic mass is 9.90. The number of hydrogen-bond acceptors (Lipinski definition) is 4. The van der Waals surface area contributed by atoms with Crippen LogP contribution in [-0.2, 0) is 13.1 Å². The second-order valence-corrected chi connectivity index (χ2v) is 9.75. The van der Waals surface area contributed by atoms with Crippen LogP contribution < -0.4 is 0 Å². The topological polar surface area (TPSA) is 37.2 Å². The minimum absolute atomic E-state index is 0.410. The van der Waals surface area contributed by atoms with Crippen LogP contribution in [0.3, 0.4) is 0 Å². The zero-order valence-corrected chi connectivity index (χ0v) is 18.9. The van der Waals surface area contributed by atoms with Crippen LogP contribution in [0.25, 0.3) is 0 Å². The van der Waals surface area contributed by atoms with Gasteiger partial charge in [-0.1, -0.05) is 25.3 Å². The first kappa shape index (κ1) is 21.5. The van der Waals surface area contributed by atoms with Gasteiger partial charge in [0.15, 0.2) is 0 Å². The van der Waals surface area contributed by atoms with E-state index in [0.717, 1.165) is 31.6 Å². The van der Waals surface area contributed by atoms with E-state index >= 15 is 0 Å². The summed E-state index contributed by atoms with van der Waals surface area (Å²) in [5.41, 5.74) is 2.61. The number of rotatable bonds is 8. The van der Waals surface area contributed by atoms with Crippen molar-refractivity contribution in [3.63, 3.8) is 0 Å². The van der Waals surface area contributed by atoms with Crippen molar-refractivity contribution in [3.8, 4) is 0 Å². The van der Waals surface area contributed by atoms with Gasteiger partial charge in [-0.2, -0.15) is 5.10 Å². The van der Waals surface area contributed by atoms with Crippen LogP contribution in [0.1, 0.15) is 76.0 Å². The van der Waals surface area contributed by atoms with Gasteiger partial charge in [-0.25, -0.2) is 0 Å². The van der Waals surface area contributed by atoms with Gasteiger partial charge in [0.2, 0.25) is 0 Å². The van der Waals surface area contributed by atoms with Crippen LogP contribution in [0.15, 0.2) is 36.9 Å². The molecular formula is C25H39N5. The third-order valence-corrected chi connectivity index (χ3v) is 6.88. The van der Waals surface area contributed by atoms with Crippen molar-refractivity contribution in [2.45, 2.75) is 84.0 Å². The molecule has 5 heteroatoms. The molecule has 3 heterocycles. The summed E-state index contributed by atoms with van der Waals surface area (Å²) in [6, 6.07) is 5.51. The third-order valence-electron chi connectivity index (χ3n) is 6.88. The maximum atomic E-state index is 4.57. The van der Waals surface area contributed by atoms with Gasteiger partial charge in [0.25, 0.3) is 0 Å². The Bertz CT molecular complexity index is 750. The van der Waals surface area contributed by atoms with Gasteiger partial charge in [0.05, 0.1) is 6.20 Å². The first-order valence-electron chi connectivity index (χ1n) is 12.1. The van der Waals surface area contributed by atoms with Crippen molar-refractivity contribution < 1.29 is 0 Å². The largest absolute Gasteiger partial charge is 0.300 e. The number of nitrogens with zero attached hydrogens (tertiary/aromatic N) is 5. The second-order valence-electron chi connectivity index (χ2n) is 9.75. The van der Waals surface area contributed by atoms with Crippen LogP contribution in [0.5, 0.6) is 0 Å². The van der Waals surface area contributed by atoms with Crippen LogP contribution in [0.2, 0.25) is 0 Å². The summed E-state index contributed by atoms with van der Waals surface area (Å²) in [7, 11) is 0. The normalized spacial score (nSPS) is 21.5. The van der Waals surface area contributed by atoms with E-state index in [4.69, 9.17) is 0 Å². The Morgan fingerprint density at radius 3 is 2.60 bits per heavy atom. The van der Waals surface area contributed by atoms with Gasteiger partial charge in [-0.3, -0.25) is 14.6 Å². The van der Waals surface area contributed by atoms with Crippen molar-refractivity contribution >= 4 is 0 Å². The Labute approximate surface area is 182 Å². The van der Waals surface area contributed by atoms with Crippen molar-refractivity contribution in [1.29, 1.82) is 0 Å². The highest BCUT2D eigenvalue weighted by Gasteiger charge is 2.28. The molecule has 164 valence electrons. The lowest BCUT2D eigenvalue weighted by Gasteiger charge is -2.41. The Morgan fingerprint density at radius 1 is 1.03 bits per heavy atom. The number of aromatic nitrogens is 3. The molecule has 0 radical (unpaired) electrons. The van der Waals surface area contributed by atoms with E-state index in [1.807, 2.05) is 18.6 Å². The fraction of sp³-hybridized carbons (Fsp3) is 0.680. The zero-order valence-electron chi connectivity index (χ0n) is 18.9. The van der Waals surface area contributed by atoms with Gasteiger partial charge in [-0.15, -0.1) is 0 Å². The Hall–Kier alpha value is -1.72. The fourth-order valence-electron chi connectivity index (χ4n) is 5.32. The van der Waals surface area contributed by atoms with Crippen molar-refractivity contribution in [2.75, 3.05) is 19.6 Å². The standard InChI is InChI=1S/C25H39N5/c1-21(2)30-20-24(15-27-30)18-28(16-22-8-6-12-26-14-22)17-23-9-7-13-29(19-23)25-10-4-3-5-11-25/h6,8,12,14-15,20-21,23,25H,3-5,7,9-11,13,16-19H2,1-2H3. The van der Waals surface area contributed by atoms with Gasteiger partial charge < -0.3 is 4.90 Å². The molecule has 1 aliphatic heterocycles. The molecule has 1 unspecified atom stereocenters. The first-order valence-corrected chi connectivity index (χ1v) is 12.1. The molecule has 0 bridgehead atoms. The first-order chi connectivity index (χ1) is 14.7. The molecular weight excluding hydrogens is 370 g/mol. The average molecular weight is 410 g/mol. The number of hydrogen-bond donors (Lipinski definition) is 0. The summed E-state index contributed by atoms with van der Waals surface area (Å²) in [6.45, 7) is 10.0. The molecule has 2 fully saturated rings. The van der Waals surface area contributed by atoms with Gasteiger partial charge in [0, 0.05) is 62.4 Å². The van der Waals surface area contributed by atoms with E-state index < -0.39 is 0 Å². The van der Waals surface area contributed by atoms with Crippen molar-refractivity contribution in [3.05, 3.63) is 48.0 Å². The monoisotopic (exact) mass is 409 g/mol. The lowest BCUT2D eigenvalue weighted by molar-refractivity contribution is 0.0771. The SMILES string of the molecule is CC(C)n1cc(CN(Cc2cccnc2)CC2CCCN(C3CCCCC3)C2)cn1. The molecule has 2 aromatic heterocycles. The Kier molecular flexibility index (Phi) is 7.56. The molecule has 1 saturated carbocycles. The van der Waals surface area contributed by atoms with E-state index in [0.29, 0.717) is 6.04 Å². The quantitative estimate of drug-likeness (QED) is 0.621. The molecule has 4 rings (SSSR count). The van der Waals surface area contributed by atoms with Crippen LogP contribution in [0, 0.1) is 5.92 Å². The van der Waals surface area contributed by atoms with Gasteiger partial charge >= 0.3 is 0 Å². The van der Waals surface area contributed by atoms with E-state index in [9.17, 15) is 0 Å². The summed E-state index contributed by atoms with van der Waals surface area (Å²) in [5.74, 6) is 0.762. The highest BCUT2D eigenvalue weighted by atomic mass is 15.3. The van der Waals surface area contributed by atoms with Gasteiger partial charge in [-0.05, 0) is 63.6 Å². The van der Waals surface area contributed by atoms with Gasteiger partial charge in [0.1, 0.15) is 0 Å². The molecule has 0 aromatic carbocycles. The maximum absolute atomic E-state index is 4.57. The maximum Gasteiger partial charge on any atom is 0.0534 e. The lowest BCUT2D eigenvalue weighted by Crippen LogP contribution is -2.46. The second kappa shape index (κ2) is 10.5. The van der Waals surface area contributed by atoms with Crippen LogP contribution >= 0.6 is 0 Å². The summed E-state index contributed by atoms with van der Waals surface area (Å²) >= 11 is 0. The summed E-state index contributed by atoms with van der Waals surface area (Å²) in [4.78, 5) is 9.79.